The van der Waals surface area contributed by atoms with Gasteiger partial charge in [0.1, 0.15) is 11.5 Å². The van der Waals surface area contributed by atoms with Crippen LogP contribution < -0.4 is 4.90 Å². The van der Waals surface area contributed by atoms with Crippen molar-refractivity contribution in [2.75, 3.05) is 31.2 Å². The number of benzene rings is 1. The predicted octanol–water partition coefficient (Wildman–Crippen LogP) is 2.45. The van der Waals surface area contributed by atoms with E-state index in [1.54, 1.807) is 12.1 Å². The van der Waals surface area contributed by atoms with Crippen LogP contribution in [0.1, 0.15) is 11.4 Å². The van der Waals surface area contributed by atoms with Crippen LogP contribution in [0.2, 0.25) is 0 Å². The monoisotopic (exact) mass is 390 g/mol. The van der Waals surface area contributed by atoms with Crippen molar-refractivity contribution < 1.29 is 9.13 Å². The van der Waals surface area contributed by atoms with Crippen LogP contribution in [0.5, 0.6) is 0 Å². The van der Waals surface area contributed by atoms with Crippen LogP contribution in [0.4, 0.5) is 10.1 Å². The first-order chi connectivity index (χ1) is 12.7. The first-order valence-corrected chi connectivity index (χ1v) is 8.69. The number of morpholine rings is 1. The summed E-state index contributed by atoms with van der Waals surface area (Å²) in [6.45, 7) is 2.94. The van der Waals surface area contributed by atoms with Gasteiger partial charge in [-0.25, -0.2) is 19.1 Å². The molecule has 0 aliphatic carbocycles. The third-order valence-corrected chi connectivity index (χ3v) is 4.22. The zero-order chi connectivity index (χ0) is 18.4. The molecule has 2 heterocycles. The molecule has 2 aromatic rings. The normalized spacial score (nSPS) is 13.8. The van der Waals surface area contributed by atoms with Crippen molar-refractivity contribution in [1.29, 1.82) is 0 Å². The average Bonchev–Trinajstić information content (AvgIpc) is 3.08. The van der Waals surface area contributed by atoms with Crippen LogP contribution >= 0.6 is 24.4 Å². The number of rotatable bonds is 6. The Morgan fingerprint density at radius 2 is 1.88 bits per heavy atom. The second-order valence-electron chi connectivity index (χ2n) is 5.44. The van der Waals surface area contributed by atoms with E-state index >= 15 is 0 Å². The number of aromatic nitrogens is 3. The van der Waals surface area contributed by atoms with Gasteiger partial charge >= 0.3 is 0 Å². The Bertz CT molecular complexity index is 883. The standard InChI is InChI=1S/C16H15FN6OS2/c17-13-7-12(1-2-15(13)22-3-5-24-6-4-22)23-16(9-19-11-26)14(20-21-23)8-18-10-25/h1-2,7H,3-6,8-9H2. The fraction of sp³-hybridized carbons (Fsp3) is 0.375. The fourth-order valence-corrected chi connectivity index (χ4v) is 2.85. The van der Waals surface area contributed by atoms with Crippen molar-refractivity contribution in [2.45, 2.75) is 13.1 Å². The summed E-state index contributed by atoms with van der Waals surface area (Å²) in [7, 11) is 0. The molecule has 1 aromatic carbocycles. The molecule has 0 N–H and O–H groups in total. The molecule has 1 aliphatic rings. The molecule has 0 amide bonds. The molecule has 0 spiro atoms. The Kier molecular flexibility index (Phi) is 6.27. The van der Waals surface area contributed by atoms with Gasteiger partial charge in [0, 0.05) is 19.2 Å². The van der Waals surface area contributed by atoms with Crippen molar-refractivity contribution in [3.05, 3.63) is 35.4 Å². The van der Waals surface area contributed by atoms with Gasteiger partial charge in [-0.2, -0.15) is 0 Å². The van der Waals surface area contributed by atoms with Crippen LogP contribution in [0, 0.1) is 5.82 Å². The lowest BCUT2D eigenvalue weighted by molar-refractivity contribution is 0.122. The van der Waals surface area contributed by atoms with E-state index in [0.717, 1.165) is 0 Å². The molecule has 0 atom stereocenters. The topological polar surface area (TPSA) is 67.9 Å². The Balaban J connectivity index is 1.95. The minimum atomic E-state index is -0.331. The summed E-state index contributed by atoms with van der Waals surface area (Å²) in [5, 5.41) is 12.8. The largest absolute Gasteiger partial charge is 0.378 e. The van der Waals surface area contributed by atoms with Crippen molar-refractivity contribution in [3.63, 3.8) is 0 Å². The lowest BCUT2D eigenvalue weighted by atomic mass is 10.2. The lowest BCUT2D eigenvalue weighted by Gasteiger charge is -2.29. The van der Waals surface area contributed by atoms with Gasteiger partial charge in [-0.3, -0.25) is 0 Å². The molecule has 7 nitrogen and oxygen atoms in total. The van der Waals surface area contributed by atoms with Gasteiger partial charge in [0.25, 0.3) is 0 Å². The molecule has 0 saturated carbocycles. The highest BCUT2D eigenvalue weighted by molar-refractivity contribution is 7.78. The van der Waals surface area contributed by atoms with E-state index in [0.29, 0.717) is 49.1 Å². The van der Waals surface area contributed by atoms with E-state index < -0.39 is 0 Å². The number of isothiocyanates is 2. The quantitative estimate of drug-likeness (QED) is 0.558. The molecule has 1 aliphatic heterocycles. The lowest BCUT2D eigenvalue weighted by Crippen LogP contribution is -2.36. The van der Waals surface area contributed by atoms with Crippen LogP contribution in [0.15, 0.2) is 28.2 Å². The van der Waals surface area contributed by atoms with Gasteiger partial charge in [-0.1, -0.05) is 5.21 Å². The van der Waals surface area contributed by atoms with E-state index in [2.05, 4.69) is 55.1 Å². The predicted molar refractivity (Wildman–Crippen MR) is 102 cm³/mol. The number of hydrogen-bond donors (Lipinski definition) is 0. The third kappa shape index (κ3) is 4.07. The molecule has 1 aromatic heterocycles. The Morgan fingerprint density at radius 3 is 2.58 bits per heavy atom. The van der Waals surface area contributed by atoms with E-state index in [-0.39, 0.29) is 18.9 Å². The SMILES string of the molecule is Fc1cc(-n2nnc(CN=C=S)c2CN=C=S)ccc1N1CCOCC1. The van der Waals surface area contributed by atoms with Crippen LogP contribution in [-0.2, 0) is 17.8 Å². The maximum absolute atomic E-state index is 14.7. The molecule has 0 bridgehead atoms. The van der Waals surface area contributed by atoms with Crippen LogP contribution in [0.25, 0.3) is 5.69 Å². The van der Waals surface area contributed by atoms with Crippen LogP contribution in [-0.4, -0.2) is 51.6 Å². The molecule has 3 rings (SSSR count). The summed E-state index contributed by atoms with van der Waals surface area (Å²) >= 11 is 9.22. The smallest absolute Gasteiger partial charge is 0.148 e. The van der Waals surface area contributed by atoms with Gasteiger partial charge in [0.2, 0.25) is 0 Å². The highest BCUT2D eigenvalue weighted by Gasteiger charge is 2.18. The molecule has 26 heavy (non-hydrogen) atoms. The van der Waals surface area contributed by atoms with Crippen molar-refractivity contribution >= 4 is 40.4 Å². The Hall–Kier alpha value is -2.35. The number of thiocarbonyl (C=S) groups is 2. The number of ether oxygens (including phenoxy) is 1. The first kappa shape index (κ1) is 18.4. The van der Waals surface area contributed by atoms with Gasteiger partial charge in [-0.15, -0.1) is 5.10 Å². The third-order valence-electron chi connectivity index (χ3n) is 3.96. The van der Waals surface area contributed by atoms with E-state index in [9.17, 15) is 4.39 Å². The van der Waals surface area contributed by atoms with Crippen LogP contribution in [0.3, 0.4) is 0 Å². The molecule has 10 heteroatoms. The van der Waals surface area contributed by atoms with E-state index in [1.807, 2.05) is 4.90 Å². The summed E-state index contributed by atoms with van der Waals surface area (Å²) in [6.07, 6.45) is 0. The summed E-state index contributed by atoms with van der Waals surface area (Å²) in [5.41, 5.74) is 2.31. The maximum Gasteiger partial charge on any atom is 0.148 e. The number of halogens is 1. The number of aliphatic imine (C=N–C) groups is 2. The summed E-state index contributed by atoms with van der Waals surface area (Å²) in [4.78, 5) is 9.78. The first-order valence-electron chi connectivity index (χ1n) is 7.88. The van der Waals surface area contributed by atoms with Crippen molar-refractivity contribution in [2.24, 2.45) is 9.98 Å². The Morgan fingerprint density at radius 1 is 1.15 bits per heavy atom. The minimum absolute atomic E-state index is 0.214. The molecule has 1 saturated heterocycles. The molecule has 1 fully saturated rings. The zero-order valence-corrected chi connectivity index (χ0v) is 15.4. The molecule has 0 radical (unpaired) electrons. The second kappa shape index (κ2) is 8.84. The molecular weight excluding hydrogens is 375 g/mol. The zero-order valence-electron chi connectivity index (χ0n) is 13.8. The van der Waals surface area contributed by atoms with E-state index in [1.165, 1.54) is 10.7 Å². The number of anilines is 1. The summed E-state index contributed by atoms with van der Waals surface area (Å²) < 4.78 is 21.5. The van der Waals surface area contributed by atoms with Gasteiger partial charge in [-0.05, 0) is 36.6 Å². The molecule has 0 unspecified atom stereocenters. The summed E-state index contributed by atoms with van der Waals surface area (Å²) in [6, 6.07) is 4.95. The molecular formula is C16H15FN6OS2. The summed E-state index contributed by atoms with van der Waals surface area (Å²) in [5.74, 6) is -0.331. The molecule has 134 valence electrons. The Labute approximate surface area is 160 Å². The van der Waals surface area contributed by atoms with E-state index in [4.69, 9.17) is 4.74 Å². The fourth-order valence-electron chi connectivity index (χ4n) is 2.72. The van der Waals surface area contributed by atoms with Crippen molar-refractivity contribution in [3.8, 4) is 5.69 Å². The minimum Gasteiger partial charge on any atom is -0.378 e. The average molecular weight is 390 g/mol. The van der Waals surface area contributed by atoms with Gasteiger partial charge < -0.3 is 9.64 Å². The number of hydrogen-bond acceptors (Lipinski definition) is 8. The highest BCUT2D eigenvalue weighted by atomic mass is 32.1. The van der Waals surface area contributed by atoms with Crippen molar-refractivity contribution in [1.82, 2.24) is 15.0 Å². The van der Waals surface area contributed by atoms with Gasteiger partial charge in [0.15, 0.2) is 0 Å². The highest BCUT2D eigenvalue weighted by Crippen LogP contribution is 2.24. The number of nitrogens with zero attached hydrogens (tertiary/aromatic N) is 6. The second-order valence-corrected chi connectivity index (χ2v) is 5.81. The maximum atomic E-state index is 14.7. The van der Waals surface area contributed by atoms with Gasteiger partial charge in [0.05, 0.1) is 53.7 Å².